The van der Waals surface area contributed by atoms with E-state index < -0.39 is 0 Å². The highest BCUT2D eigenvalue weighted by atomic mass is 79.9. The van der Waals surface area contributed by atoms with E-state index in [1.165, 1.54) is 11.1 Å². The fourth-order valence-electron chi connectivity index (χ4n) is 2.06. The van der Waals surface area contributed by atoms with Crippen LogP contribution in [0.2, 0.25) is 0 Å². The van der Waals surface area contributed by atoms with Crippen LogP contribution >= 0.6 is 15.9 Å². The average Bonchev–Trinajstić information content (AvgIpc) is 2.42. The molecule has 18 heavy (non-hydrogen) atoms. The fraction of sp³-hybridized carbons (Fsp3) is 0.571. The molecule has 4 heteroatoms. The van der Waals surface area contributed by atoms with Crippen LogP contribution in [-0.4, -0.2) is 18.3 Å². The summed E-state index contributed by atoms with van der Waals surface area (Å²) in [5.41, 5.74) is 2.91. The summed E-state index contributed by atoms with van der Waals surface area (Å²) in [7, 11) is -0.286. The Balaban J connectivity index is 2.41. The van der Waals surface area contributed by atoms with E-state index in [9.17, 15) is 0 Å². The van der Waals surface area contributed by atoms with E-state index in [1.54, 1.807) is 0 Å². The number of rotatable bonds is 1. The first-order valence-electron chi connectivity index (χ1n) is 6.26. The highest BCUT2D eigenvalue weighted by Crippen LogP contribution is 2.37. The third-order valence-corrected chi connectivity index (χ3v) is 4.86. The first kappa shape index (κ1) is 14.1. The van der Waals surface area contributed by atoms with Gasteiger partial charge in [0.1, 0.15) is 0 Å². The summed E-state index contributed by atoms with van der Waals surface area (Å²) in [4.78, 5) is 0. The van der Waals surface area contributed by atoms with Gasteiger partial charge in [-0.3, -0.25) is 0 Å². The van der Waals surface area contributed by atoms with Crippen LogP contribution < -0.4 is 5.46 Å². The van der Waals surface area contributed by atoms with Crippen LogP contribution in [0, 0.1) is 13.8 Å². The van der Waals surface area contributed by atoms with Crippen molar-refractivity contribution in [3.63, 3.8) is 0 Å². The first-order valence-corrected chi connectivity index (χ1v) is 7.06. The number of hydrogen-bond donors (Lipinski definition) is 0. The van der Waals surface area contributed by atoms with Gasteiger partial charge in [-0.05, 0) is 58.6 Å². The average molecular weight is 311 g/mol. The van der Waals surface area contributed by atoms with E-state index in [4.69, 9.17) is 9.31 Å². The van der Waals surface area contributed by atoms with Crippen LogP contribution in [0.25, 0.3) is 0 Å². The molecule has 0 aromatic heterocycles. The van der Waals surface area contributed by atoms with Crippen molar-refractivity contribution in [3.05, 3.63) is 27.7 Å². The standard InChI is InChI=1S/C14H20BBrO2/c1-9-7-11(10(2)12(16)8-9)15-17-13(3,4)14(5,6)18-15/h7-8H,1-6H3. The number of benzene rings is 1. The van der Waals surface area contributed by atoms with Crippen molar-refractivity contribution in [2.45, 2.75) is 52.7 Å². The molecule has 1 fully saturated rings. The van der Waals surface area contributed by atoms with Gasteiger partial charge < -0.3 is 9.31 Å². The lowest BCUT2D eigenvalue weighted by Crippen LogP contribution is -2.41. The van der Waals surface area contributed by atoms with Gasteiger partial charge in [-0.25, -0.2) is 0 Å². The zero-order valence-corrected chi connectivity index (χ0v) is 13.5. The summed E-state index contributed by atoms with van der Waals surface area (Å²) in [6.07, 6.45) is 0. The van der Waals surface area contributed by atoms with Crippen molar-refractivity contribution in [2.75, 3.05) is 0 Å². The third kappa shape index (κ3) is 2.26. The van der Waals surface area contributed by atoms with Gasteiger partial charge in [0, 0.05) is 4.47 Å². The molecule has 1 aliphatic heterocycles. The third-order valence-electron chi connectivity index (χ3n) is 4.04. The summed E-state index contributed by atoms with van der Waals surface area (Å²) >= 11 is 3.59. The van der Waals surface area contributed by atoms with Crippen LogP contribution in [0.5, 0.6) is 0 Å². The molecule has 0 amide bonds. The van der Waals surface area contributed by atoms with Crippen molar-refractivity contribution >= 4 is 28.5 Å². The van der Waals surface area contributed by atoms with E-state index in [2.05, 4.69) is 69.6 Å². The monoisotopic (exact) mass is 310 g/mol. The lowest BCUT2D eigenvalue weighted by molar-refractivity contribution is 0.00578. The van der Waals surface area contributed by atoms with Gasteiger partial charge in [0.25, 0.3) is 0 Å². The Morgan fingerprint density at radius 2 is 1.50 bits per heavy atom. The minimum Gasteiger partial charge on any atom is -0.399 e. The van der Waals surface area contributed by atoms with Crippen molar-refractivity contribution in [3.8, 4) is 0 Å². The van der Waals surface area contributed by atoms with Gasteiger partial charge in [-0.15, -0.1) is 0 Å². The van der Waals surface area contributed by atoms with Gasteiger partial charge >= 0.3 is 7.12 Å². The minimum absolute atomic E-state index is 0.286. The van der Waals surface area contributed by atoms with E-state index >= 15 is 0 Å². The number of halogens is 1. The van der Waals surface area contributed by atoms with Gasteiger partial charge in [0.15, 0.2) is 0 Å². The van der Waals surface area contributed by atoms with Crippen molar-refractivity contribution in [2.24, 2.45) is 0 Å². The molecule has 0 spiro atoms. The molecule has 2 nitrogen and oxygen atoms in total. The molecule has 0 atom stereocenters. The van der Waals surface area contributed by atoms with Gasteiger partial charge in [0.2, 0.25) is 0 Å². The quantitative estimate of drug-likeness (QED) is 0.741. The summed E-state index contributed by atoms with van der Waals surface area (Å²) in [6.45, 7) is 12.5. The van der Waals surface area contributed by atoms with Crippen molar-refractivity contribution < 1.29 is 9.31 Å². The molecule has 1 heterocycles. The molecule has 2 rings (SSSR count). The SMILES string of the molecule is Cc1cc(Br)c(C)c(B2OC(C)(C)C(C)(C)O2)c1. The Hall–Kier alpha value is -0.315. The molecule has 0 saturated carbocycles. The predicted molar refractivity (Wildman–Crippen MR) is 79.3 cm³/mol. The molecule has 1 aliphatic rings. The maximum atomic E-state index is 6.10. The second-order valence-electron chi connectivity index (χ2n) is 6.05. The van der Waals surface area contributed by atoms with E-state index in [0.29, 0.717) is 0 Å². The Morgan fingerprint density at radius 3 is 2.00 bits per heavy atom. The number of hydrogen-bond acceptors (Lipinski definition) is 2. The van der Waals surface area contributed by atoms with Crippen molar-refractivity contribution in [1.29, 1.82) is 0 Å². The molecule has 0 aliphatic carbocycles. The summed E-state index contributed by atoms with van der Waals surface area (Å²) < 4.78 is 13.3. The largest absolute Gasteiger partial charge is 0.495 e. The Kier molecular flexibility index (Phi) is 3.42. The highest BCUT2D eigenvalue weighted by molar-refractivity contribution is 9.10. The van der Waals surface area contributed by atoms with Crippen LogP contribution in [0.15, 0.2) is 16.6 Å². The minimum atomic E-state index is -0.291. The molecular weight excluding hydrogens is 291 g/mol. The van der Waals surface area contributed by atoms with Crippen LogP contribution in [0.4, 0.5) is 0 Å². The maximum Gasteiger partial charge on any atom is 0.495 e. The second kappa shape index (κ2) is 4.36. The Morgan fingerprint density at radius 1 is 1.00 bits per heavy atom. The molecule has 0 N–H and O–H groups in total. The predicted octanol–water partition coefficient (Wildman–Crippen LogP) is 3.37. The zero-order valence-electron chi connectivity index (χ0n) is 11.9. The number of aryl methyl sites for hydroxylation is 1. The van der Waals surface area contributed by atoms with Crippen LogP contribution in [0.1, 0.15) is 38.8 Å². The molecule has 98 valence electrons. The first-order chi connectivity index (χ1) is 8.14. The lowest BCUT2D eigenvalue weighted by Gasteiger charge is -2.32. The zero-order chi connectivity index (χ0) is 13.7. The summed E-state index contributed by atoms with van der Waals surface area (Å²) in [5.74, 6) is 0. The van der Waals surface area contributed by atoms with Crippen LogP contribution in [-0.2, 0) is 9.31 Å². The summed E-state index contributed by atoms with van der Waals surface area (Å²) in [5, 5.41) is 0. The molecule has 1 saturated heterocycles. The highest BCUT2D eigenvalue weighted by Gasteiger charge is 2.52. The van der Waals surface area contributed by atoms with E-state index in [-0.39, 0.29) is 18.3 Å². The van der Waals surface area contributed by atoms with Gasteiger partial charge in [0.05, 0.1) is 11.2 Å². The Bertz CT molecular complexity index is 467. The van der Waals surface area contributed by atoms with Gasteiger partial charge in [-0.2, -0.15) is 0 Å². The van der Waals surface area contributed by atoms with Crippen molar-refractivity contribution in [1.82, 2.24) is 0 Å². The van der Waals surface area contributed by atoms with Crippen LogP contribution in [0.3, 0.4) is 0 Å². The van der Waals surface area contributed by atoms with Gasteiger partial charge in [-0.1, -0.05) is 27.6 Å². The smallest absolute Gasteiger partial charge is 0.399 e. The molecule has 0 bridgehead atoms. The maximum absolute atomic E-state index is 6.10. The second-order valence-corrected chi connectivity index (χ2v) is 6.90. The fourth-order valence-corrected chi connectivity index (χ4v) is 2.65. The molecule has 0 radical (unpaired) electrons. The lowest BCUT2D eigenvalue weighted by atomic mass is 9.75. The topological polar surface area (TPSA) is 18.5 Å². The molecule has 1 aromatic rings. The summed E-state index contributed by atoms with van der Waals surface area (Å²) in [6, 6.07) is 4.26. The Labute approximate surface area is 118 Å². The normalized spacial score (nSPS) is 21.4. The van der Waals surface area contributed by atoms with E-state index in [0.717, 1.165) is 9.94 Å². The molecular formula is C14H20BBrO2. The molecule has 0 unspecified atom stereocenters. The molecule has 1 aromatic carbocycles. The van der Waals surface area contributed by atoms with E-state index in [1.807, 2.05) is 0 Å².